The van der Waals surface area contributed by atoms with Gasteiger partial charge in [-0.15, -0.1) is 0 Å². The third kappa shape index (κ3) is 1.91. The second kappa shape index (κ2) is 4.68. The number of hydrogen-bond donors (Lipinski definition) is 0. The molecule has 3 rings (SSSR count). The van der Waals surface area contributed by atoms with Crippen molar-refractivity contribution >= 4 is 16.9 Å². The molecule has 1 aliphatic rings. The molecule has 1 aliphatic heterocycles. The van der Waals surface area contributed by atoms with E-state index < -0.39 is 0 Å². The van der Waals surface area contributed by atoms with Crippen LogP contribution in [0, 0.1) is 0 Å². The van der Waals surface area contributed by atoms with Crippen molar-refractivity contribution in [1.82, 2.24) is 14.5 Å². The van der Waals surface area contributed by atoms with Gasteiger partial charge in [-0.05, 0) is 26.0 Å². The summed E-state index contributed by atoms with van der Waals surface area (Å²) in [7, 11) is 0. The van der Waals surface area contributed by atoms with Gasteiger partial charge in [-0.3, -0.25) is 4.79 Å². The smallest absolute Gasteiger partial charge is 0.223 e. The number of aryl methyl sites for hydroxylation is 1. The van der Waals surface area contributed by atoms with Crippen LogP contribution in [0.2, 0.25) is 0 Å². The molecule has 0 spiro atoms. The van der Waals surface area contributed by atoms with Crippen LogP contribution in [0.15, 0.2) is 24.3 Å². The maximum atomic E-state index is 11.9. The van der Waals surface area contributed by atoms with E-state index in [1.54, 1.807) is 0 Å². The lowest BCUT2D eigenvalue weighted by Crippen LogP contribution is -2.24. The zero-order chi connectivity index (χ0) is 13.4. The van der Waals surface area contributed by atoms with Gasteiger partial charge in [0.15, 0.2) is 0 Å². The summed E-state index contributed by atoms with van der Waals surface area (Å²) in [5.41, 5.74) is 2.20. The van der Waals surface area contributed by atoms with Crippen molar-refractivity contribution in [3.8, 4) is 0 Å². The molecule has 0 bridgehead atoms. The molecule has 19 heavy (non-hydrogen) atoms. The molecule has 2 heterocycles. The number of nitrogens with zero attached hydrogens (tertiary/aromatic N) is 3. The van der Waals surface area contributed by atoms with Crippen LogP contribution in [0.25, 0.3) is 11.0 Å². The van der Waals surface area contributed by atoms with Crippen molar-refractivity contribution in [2.45, 2.75) is 32.7 Å². The van der Waals surface area contributed by atoms with E-state index >= 15 is 0 Å². The van der Waals surface area contributed by atoms with Crippen molar-refractivity contribution in [1.29, 1.82) is 0 Å². The van der Waals surface area contributed by atoms with Crippen LogP contribution in [-0.2, 0) is 11.3 Å². The third-order valence-electron chi connectivity index (χ3n) is 3.96. The molecule has 1 atom stereocenters. The second-order valence-corrected chi connectivity index (χ2v) is 5.04. The number of aromatic nitrogens is 2. The molecule has 4 heteroatoms. The number of benzene rings is 1. The van der Waals surface area contributed by atoms with Gasteiger partial charge in [0.25, 0.3) is 0 Å². The van der Waals surface area contributed by atoms with Crippen LogP contribution in [0.3, 0.4) is 0 Å². The molecule has 1 amide bonds. The molecular weight excluding hydrogens is 238 g/mol. The number of rotatable bonds is 3. The minimum absolute atomic E-state index is 0.236. The summed E-state index contributed by atoms with van der Waals surface area (Å²) in [6.45, 7) is 6.65. The molecule has 1 aromatic carbocycles. The SMILES string of the molecule is CCN1CC(c2nc3ccccc3n2CC)CC1=O. The van der Waals surface area contributed by atoms with Crippen LogP contribution < -0.4 is 0 Å². The Morgan fingerprint density at radius 3 is 2.74 bits per heavy atom. The van der Waals surface area contributed by atoms with Crippen LogP contribution in [0.5, 0.6) is 0 Å². The molecule has 0 aliphatic carbocycles. The number of likely N-dealkylation sites (N-methyl/N-ethyl adjacent to an activating group) is 1. The predicted molar refractivity (Wildman–Crippen MR) is 75.0 cm³/mol. The minimum Gasteiger partial charge on any atom is -0.342 e. The first-order chi connectivity index (χ1) is 9.24. The maximum Gasteiger partial charge on any atom is 0.223 e. The van der Waals surface area contributed by atoms with Crippen molar-refractivity contribution in [3.63, 3.8) is 0 Å². The number of amides is 1. The summed E-state index contributed by atoms with van der Waals surface area (Å²) in [4.78, 5) is 18.6. The van der Waals surface area contributed by atoms with E-state index in [4.69, 9.17) is 4.98 Å². The molecular formula is C15H19N3O. The average molecular weight is 257 g/mol. The molecule has 4 nitrogen and oxygen atoms in total. The topological polar surface area (TPSA) is 38.1 Å². The summed E-state index contributed by atoms with van der Waals surface area (Å²) in [6.07, 6.45) is 0.594. The van der Waals surface area contributed by atoms with Crippen LogP contribution in [0.4, 0.5) is 0 Å². The molecule has 1 unspecified atom stereocenters. The minimum atomic E-state index is 0.236. The molecule has 2 aromatic rings. The molecule has 1 saturated heterocycles. The first-order valence-corrected chi connectivity index (χ1v) is 6.97. The molecule has 1 fully saturated rings. The van der Waals surface area contributed by atoms with E-state index in [0.717, 1.165) is 31.0 Å². The number of imidazole rings is 1. The van der Waals surface area contributed by atoms with Gasteiger partial charge in [0.05, 0.1) is 11.0 Å². The number of likely N-dealkylation sites (tertiary alicyclic amines) is 1. The Balaban J connectivity index is 2.03. The van der Waals surface area contributed by atoms with Gasteiger partial charge in [-0.25, -0.2) is 4.98 Å². The Kier molecular flexibility index (Phi) is 3.01. The number of para-hydroxylation sites is 2. The molecule has 100 valence electrons. The van der Waals surface area contributed by atoms with Crippen molar-refractivity contribution in [2.24, 2.45) is 0 Å². The average Bonchev–Trinajstić information content (AvgIpc) is 2.98. The largest absolute Gasteiger partial charge is 0.342 e. The van der Waals surface area contributed by atoms with Crippen LogP contribution in [-0.4, -0.2) is 33.4 Å². The molecule has 0 radical (unpaired) electrons. The number of fused-ring (bicyclic) bond motifs is 1. The van der Waals surface area contributed by atoms with Gasteiger partial charge in [-0.1, -0.05) is 12.1 Å². The molecule has 1 aromatic heterocycles. The lowest BCUT2D eigenvalue weighted by atomic mass is 10.1. The highest BCUT2D eigenvalue weighted by atomic mass is 16.2. The fourth-order valence-corrected chi connectivity index (χ4v) is 2.99. The Morgan fingerprint density at radius 2 is 2.05 bits per heavy atom. The third-order valence-corrected chi connectivity index (χ3v) is 3.96. The van der Waals surface area contributed by atoms with Gasteiger partial charge < -0.3 is 9.47 Å². The second-order valence-electron chi connectivity index (χ2n) is 5.04. The summed E-state index contributed by atoms with van der Waals surface area (Å²) in [6, 6.07) is 8.19. The normalized spacial score (nSPS) is 19.6. The standard InChI is InChI=1S/C15H19N3O/c1-3-17-10-11(9-14(17)19)15-16-12-7-5-6-8-13(12)18(15)4-2/h5-8,11H,3-4,9-10H2,1-2H3. The summed E-state index contributed by atoms with van der Waals surface area (Å²) < 4.78 is 2.24. The Hall–Kier alpha value is -1.84. The monoisotopic (exact) mass is 257 g/mol. The van der Waals surface area contributed by atoms with E-state index in [1.165, 1.54) is 5.52 Å². The van der Waals surface area contributed by atoms with Gasteiger partial charge in [0.1, 0.15) is 5.82 Å². The number of carbonyl (C=O) groups excluding carboxylic acids is 1. The highest BCUT2D eigenvalue weighted by molar-refractivity contribution is 5.80. The first kappa shape index (κ1) is 12.2. The molecule has 0 N–H and O–H groups in total. The van der Waals surface area contributed by atoms with Crippen LogP contribution >= 0.6 is 0 Å². The maximum absolute atomic E-state index is 11.9. The van der Waals surface area contributed by atoms with Gasteiger partial charge in [-0.2, -0.15) is 0 Å². The quantitative estimate of drug-likeness (QED) is 0.846. The van der Waals surface area contributed by atoms with E-state index in [2.05, 4.69) is 17.6 Å². The zero-order valence-corrected chi connectivity index (χ0v) is 11.5. The van der Waals surface area contributed by atoms with Crippen LogP contribution in [0.1, 0.15) is 32.0 Å². The highest BCUT2D eigenvalue weighted by Crippen LogP contribution is 2.30. The summed E-state index contributed by atoms with van der Waals surface area (Å²) in [5.74, 6) is 1.55. The Bertz CT molecular complexity index is 617. The first-order valence-electron chi connectivity index (χ1n) is 6.97. The van der Waals surface area contributed by atoms with Gasteiger partial charge >= 0.3 is 0 Å². The fourth-order valence-electron chi connectivity index (χ4n) is 2.99. The van der Waals surface area contributed by atoms with Gasteiger partial charge in [0.2, 0.25) is 5.91 Å². The van der Waals surface area contributed by atoms with E-state index in [0.29, 0.717) is 6.42 Å². The summed E-state index contributed by atoms with van der Waals surface area (Å²) in [5, 5.41) is 0. The lowest BCUT2D eigenvalue weighted by Gasteiger charge is -2.14. The lowest BCUT2D eigenvalue weighted by molar-refractivity contribution is -0.127. The Labute approximate surface area is 113 Å². The van der Waals surface area contributed by atoms with Crippen molar-refractivity contribution in [3.05, 3.63) is 30.1 Å². The van der Waals surface area contributed by atoms with Gasteiger partial charge in [0, 0.05) is 32.0 Å². The van der Waals surface area contributed by atoms with E-state index in [1.807, 2.05) is 30.0 Å². The predicted octanol–water partition coefficient (Wildman–Crippen LogP) is 2.39. The number of hydrogen-bond acceptors (Lipinski definition) is 2. The van der Waals surface area contributed by atoms with E-state index in [-0.39, 0.29) is 11.8 Å². The van der Waals surface area contributed by atoms with E-state index in [9.17, 15) is 4.79 Å². The zero-order valence-electron chi connectivity index (χ0n) is 11.5. The Morgan fingerprint density at radius 1 is 1.26 bits per heavy atom. The fraction of sp³-hybridized carbons (Fsp3) is 0.467. The summed E-state index contributed by atoms with van der Waals surface area (Å²) >= 11 is 0. The number of carbonyl (C=O) groups is 1. The molecule has 0 saturated carbocycles. The highest BCUT2D eigenvalue weighted by Gasteiger charge is 2.32. The van der Waals surface area contributed by atoms with Crippen molar-refractivity contribution in [2.75, 3.05) is 13.1 Å². The van der Waals surface area contributed by atoms with Crippen molar-refractivity contribution < 1.29 is 4.79 Å².